The molecule has 0 atom stereocenters. The van der Waals surface area contributed by atoms with E-state index in [4.69, 9.17) is 9.47 Å². The molecule has 0 aliphatic carbocycles. The number of amides is 1. The van der Waals surface area contributed by atoms with Crippen molar-refractivity contribution in [3.63, 3.8) is 0 Å². The lowest BCUT2D eigenvalue weighted by molar-refractivity contribution is -0.123. The lowest BCUT2D eigenvalue weighted by atomic mass is 10.1. The number of carbonyl (C=O) groups is 1. The predicted molar refractivity (Wildman–Crippen MR) is 122 cm³/mol. The van der Waals surface area contributed by atoms with Gasteiger partial charge in [0.25, 0.3) is 5.91 Å². The number of ether oxygens (including phenoxy) is 2. The maximum absolute atomic E-state index is 12.0. The molecule has 1 amide bonds. The van der Waals surface area contributed by atoms with Crippen molar-refractivity contribution in [2.24, 2.45) is 5.10 Å². The summed E-state index contributed by atoms with van der Waals surface area (Å²) in [5.41, 5.74) is 4.40. The van der Waals surface area contributed by atoms with Gasteiger partial charge in [0.05, 0.1) is 6.21 Å². The fourth-order valence-electron chi connectivity index (χ4n) is 3.04. The van der Waals surface area contributed by atoms with Gasteiger partial charge in [-0.3, -0.25) is 4.79 Å². The Labute approximate surface area is 180 Å². The van der Waals surface area contributed by atoms with Crippen LogP contribution in [-0.2, 0) is 11.4 Å². The topological polar surface area (TPSA) is 59.9 Å². The molecule has 31 heavy (non-hydrogen) atoms. The van der Waals surface area contributed by atoms with Crippen LogP contribution in [0.1, 0.15) is 11.1 Å². The zero-order valence-corrected chi connectivity index (χ0v) is 16.9. The summed E-state index contributed by atoms with van der Waals surface area (Å²) in [5, 5.41) is 6.19. The monoisotopic (exact) mass is 410 g/mol. The third-order valence-corrected chi connectivity index (χ3v) is 4.60. The van der Waals surface area contributed by atoms with Gasteiger partial charge in [0.2, 0.25) is 0 Å². The third kappa shape index (κ3) is 5.93. The summed E-state index contributed by atoms with van der Waals surface area (Å²) >= 11 is 0. The van der Waals surface area contributed by atoms with Crippen molar-refractivity contribution in [3.8, 4) is 11.5 Å². The molecule has 4 rings (SSSR count). The van der Waals surface area contributed by atoms with Crippen molar-refractivity contribution in [2.45, 2.75) is 6.61 Å². The Morgan fingerprint density at radius 3 is 2.42 bits per heavy atom. The summed E-state index contributed by atoms with van der Waals surface area (Å²) in [4.78, 5) is 12.0. The smallest absolute Gasteiger partial charge is 0.277 e. The number of benzene rings is 4. The Balaban J connectivity index is 1.26. The summed E-state index contributed by atoms with van der Waals surface area (Å²) in [6, 6.07) is 31.2. The fourth-order valence-corrected chi connectivity index (χ4v) is 3.04. The minimum absolute atomic E-state index is 0.115. The highest BCUT2D eigenvalue weighted by Gasteiger charge is 2.03. The van der Waals surface area contributed by atoms with Crippen molar-refractivity contribution in [3.05, 3.63) is 108 Å². The van der Waals surface area contributed by atoms with Gasteiger partial charge in [-0.1, -0.05) is 72.8 Å². The SMILES string of the molecule is O=C(COc1ccc2ccccc2c1)NN=Cc1cccc(OCc2ccccc2)c1. The summed E-state index contributed by atoms with van der Waals surface area (Å²) < 4.78 is 11.4. The van der Waals surface area contributed by atoms with Crippen LogP contribution < -0.4 is 14.9 Å². The number of nitrogens with one attached hydrogen (secondary N) is 1. The van der Waals surface area contributed by atoms with Crippen LogP contribution in [0.25, 0.3) is 10.8 Å². The first kappa shape index (κ1) is 20.2. The van der Waals surface area contributed by atoms with Crippen LogP contribution in [0, 0.1) is 0 Å². The van der Waals surface area contributed by atoms with E-state index in [1.807, 2.05) is 97.1 Å². The van der Waals surface area contributed by atoms with E-state index in [9.17, 15) is 4.79 Å². The van der Waals surface area contributed by atoms with E-state index in [1.165, 1.54) is 0 Å². The number of fused-ring (bicyclic) bond motifs is 1. The molecule has 0 aliphatic rings. The zero-order valence-electron chi connectivity index (χ0n) is 16.9. The number of rotatable bonds is 8. The third-order valence-electron chi connectivity index (χ3n) is 4.60. The second kappa shape index (κ2) is 10.1. The van der Waals surface area contributed by atoms with Gasteiger partial charge >= 0.3 is 0 Å². The second-order valence-corrected chi connectivity index (χ2v) is 6.94. The first-order chi connectivity index (χ1) is 15.3. The molecule has 4 aromatic carbocycles. The van der Waals surface area contributed by atoms with Crippen LogP contribution in [0.4, 0.5) is 0 Å². The maximum Gasteiger partial charge on any atom is 0.277 e. The molecule has 4 aromatic rings. The summed E-state index contributed by atoms with van der Waals surface area (Å²) in [6.07, 6.45) is 1.57. The van der Waals surface area contributed by atoms with Crippen LogP contribution in [0.15, 0.2) is 102 Å². The average molecular weight is 410 g/mol. The van der Waals surface area contributed by atoms with E-state index in [-0.39, 0.29) is 12.5 Å². The van der Waals surface area contributed by atoms with Crippen LogP contribution >= 0.6 is 0 Å². The van der Waals surface area contributed by atoms with Gasteiger partial charge in [0.15, 0.2) is 6.61 Å². The van der Waals surface area contributed by atoms with Crippen molar-refractivity contribution < 1.29 is 14.3 Å². The molecule has 0 bridgehead atoms. The van der Waals surface area contributed by atoms with Gasteiger partial charge in [0.1, 0.15) is 18.1 Å². The molecule has 154 valence electrons. The number of hydrazone groups is 1. The molecule has 0 unspecified atom stereocenters. The van der Waals surface area contributed by atoms with E-state index in [0.29, 0.717) is 12.4 Å². The van der Waals surface area contributed by atoms with Gasteiger partial charge < -0.3 is 9.47 Å². The van der Waals surface area contributed by atoms with E-state index in [1.54, 1.807) is 6.21 Å². The molecule has 0 aromatic heterocycles. The van der Waals surface area contributed by atoms with Crippen LogP contribution in [-0.4, -0.2) is 18.7 Å². The molecule has 0 aliphatic heterocycles. The predicted octanol–water partition coefficient (Wildman–Crippen LogP) is 4.95. The molecule has 0 saturated carbocycles. The Kier molecular flexibility index (Phi) is 6.55. The molecule has 0 radical (unpaired) electrons. The van der Waals surface area contributed by atoms with Gasteiger partial charge in [0, 0.05) is 0 Å². The number of carbonyl (C=O) groups excluding carboxylic acids is 1. The Morgan fingerprint density at radius 1 is 0.774 bits per heavy atom. The highest BCUT2D eigenvalue weighted by molar-refractivity contribution is 5.85. The molecule has 0 spiro atoms. The standard InChI is InChI=1S/C26H22N2O3/c29-26(19-31-25-14-13-22-10-4-5-11-23(22)16-25)28-27-17-21-9-6-12-24(15-21)30-18-20-7-2-1-3-8-20/h1-17H,18-19H2,(H,28,29). The van der Waals surface area contributed by atoms with Crippen molar-refractivity contribution >= 4 is 22.9 Å². The molecule has 5 heteroatoms. The van der Waals surface area contributed by atoms with E-state index in [0.717, 1.165) is 27.6 Å². The fraction of sp³-hybridized carbons (Fsp3) is 0.0769. The van der Waals surface area contributed by atoms with Crippen molar-refractivity contribution in [2.75, 3.05) is 6.61 Å². The molecular formula is C26H22N2O3. The molecule has 0 fully saturated rings. The van der Waals surface area contributed by atoms with E-state index < -0.39 is 0 Å². The molecule has 0 heterocycles. The molecule has 1 N–H and O–H groups in total. The Hall–Kier alpha value is -4.12. The van der Waals surface area contributed by atoms with Crippen LogP contribution in [0.5, 0.6) is 11.5 Å². The summed E-state index contributed by atoms with van der Waals surface area (Å²) in [7, 11) is 0. The van der Waals surface area contributed by atoms with Crippen molar-refractivity contribution in [1.82, 2.24) is 5.43 Å². The zero-order chi connectivity index (χ0) is 21.3. The molecular weight excluding hydrogens is 388 g/mol. The summed E-state index contributed by atoms with van der Waals surface area (Å²) in [6.45, 7) is 0.375. The Bertz CT molecular complexity index is 1190. The number of hydrogen-bond donors (Lipinski definition) is 1. The lowest BCUT2D eigenvalue weighted by Gasteiger charge is -2.07. The highest BCUT2D eigenvalue weighted by atomic mass is 16.5. The van der Waals surface area contributed by atoms with Crippen LogP contribution in [0.3, 0.4) is 0 Å². The largest absolute Gasteiger partial charge is 0.489 e. The first-order valence-electron chi connectivity index (χ1n) is 9.96. The molecule has 5 nitrogen and oxygen atoms in total. The maximum atomic E-state index is 12.0. The normalized spacial score (nSPS) is 10.8. The van der Waals surface area contributed by atoms with Gasteiger partial charge in [-0.05, 0) is 46.2 Å². The average Bonchev–Trinajstić information content (AvgIpc) is 2.82. The van der Waals surface area contributed by atoms with E-state index >= 15 is 0 Å². The second-order valence-electron chi connectivity index (χ2n) is 6.94. The van der Waals surface area contributed by atoms with Gasteiger partial charge in [-0.15, -0.1) is 0 Å². The summed E-state index contributed by atoms with van der Waals surface area (Å²) in [5.74, 6) is 1.04. The van der Waals surface area contributed by atoms with Gasteiger partial charge in [-0.2, -0.15) is 5.10 Å². The van der Waals surface area contributed by atoms with Crippen molar-refractivity contribution in [1.29, 1.82) is 0 Å². The first-order valence-corrected chi connectivity index (χ1v) is 9.96. The van der Waals surface area contributed by atoms with Crippen LogP contribution in [0.2, 0.25) is 0 Å². The minimum Gasteiger partial charge on any atom is -0.489 e. The quantitative estimate of drug-likeness (QED) is 0.330. The minimum atomic E-state index is -0.333. The highest BCUT2D eigenvalue weighted by Crippen LogP contribution is 2.20. The van der Waals surface area contributed by atoms with E-state index in [2.05, 4.69) is 10.5 Å². The number of nitrogens with zero attached hydrogens (tertiary/aromatic N) is 1. The number of hydrogen-bond acceptors (Lipinski definition) is 4. The van der Waals surface area contributed by atoms with Gasteiger partial charge in [-0.25, -0.2) is 5.43 Å². The molecule has 0 saturated heterocycles. The Morgan fingerprint density at radius 2 is 1.55 bits per heavy atom. The lowest BCUT2D eigenvalue weighted by Crippen LogP contribution is -2.24.